The van der Waals surface area contributed by atoms with Gasteiger partial charge < -0.3 is 19.9 Å². The second kappa shape index (κ2) is 10.7. The van der Waals surface area contributed by atoms with Gasteiger partial charge in [0.05, 0.1) is 46.3 Å². The van der Waals surface area contributed by atoms with Crippen molar-refractivity contribution in [2.75, 3.05) is 26.8 Å². The minimum atomic E-state index is -3.73. The van der Waals surface area contributed by atoms with Crippen molar-refractivity contribution in [1.82, 2.24) is 8.87 Å². The number of fused-ring (bicyclic) bond motifs is 1. The molecule has 0 N–H and O–H groups in total. The summed E-state index contributed by atoms with van der Waals surface area (Å²) in [6.07, 6.45) is 2.02. The number of ether oxygens (including phenoxy) is 2. The van der Waals surface area contributed by atoms with Gasteiger partial charge in [-0.05, 0) is 12.1 Å². The molecule has 0 saturated carbocycles. The van der Waals surface area contributed by atoms with Crippen LogP contribution in [0.1, 0.15) is 11.7 Å². The average molecular weight is 525 g/mol. The molecular weight excluding hydrogens is 489 g/mol. The number of amides is 1. The number of aromatic nitrogens is 1. The molecule has 0 spiro atoms. The molecule has 0 aliphatic rings. The molecule has 0 aliphatic carbocycles. The second-order valence-corrected chi connectivity index (χ2v) is 23.5. The van der Waals surface area contributed by atoms with Crippen molar-refractivity contribution in [3.05, 3.63) is 41.6 Å². The topological polar surface area (TPSA) is 114 Å². The zero-order valence-corrected chi connectivity index (χ0v) is 24.1. The number of carbonyl (C=O) groups excluding carboxylic acids is 1. The Balaban J connectivity index is 2.94. The van der Waals surface area contributed by atoms with Crippen LogP contribution in [-0.4, -0.2) is 82.4 Å². The number of nitrogens with zero attached hydrogens (tertiary/aromatic N) is 4. The number of methoxy groups -OCH3 is 1. The molecule has 0 radical (unpaired) electrons. The Bertz CT molecular complexity index is 1160. The molecule has 1 heterocycles. The van der Waals surface area contributed by atoms with E-state index in [0.717, 1.165) is 17.9 Å². The molecule has 12 heteroatoms. The molecule has 9 nitrogen and oxygen atoms in total. The summed E-state index contributed by atoms with van der Waals surface area (Å²) in [6.45, 7) is 13.1. The average Bonchev–Trinajstić information content (AvgIpc) is 3.07. The zero-order chi connectivity index (χ0) is 25.9. The fourth-order valence-corrected chi connectivity index (χ4v) is 18.8. The van der Waals surface area contributed by atoms with Crippen LogP contribution in [0.5, 0.6) is 0 Å². The smallest absolute Gasteiger partial charge is 0.344 e. The van der Waals surface area contributed by atoms with Crippen molar-refractivity contribution >= 4 is 49.2 Å². The van der Waals surface area contributed by atoms with Crippen LogP contribution in [0.15, 0.2) is 30.3 Å². The molecule has 0 aliphatic heterocycles. The van der Waals surface area contributed by atoms with Gasteiger partial charge in [-0.25, -0.2) is 12.4 Å². The molecule has 1 aromatic heterocycles. The van der Waals surface area contributed by atoms with E-state index >= 15 is 0 Å². The first-order valence-corrected chi connectivity index (χ1v) is 20.0. The van der Waals surface area contributed by atoms with Crippen LogP contribution in [0.25, 0.3) is 16.4 Å². The normalized spacial score (nSPS) is 13.7. The van der Waals surface area contributed by atoms with Gasteiger partial charge >= 0.3 is 12.1 Å². The van der Waals surface area contributed by atoms with Crippen LogP contribution in [0.2, 0.25) is 39.3 Å². The molecule has 0 fully saturated rings. The lowest BCUT2D eigenvalue weighted by Crippen LogP contribution is -2.66. The van der Waals surface area contributed by atoms with Crippen LogP contribution in [0, 0.1) is 0 Å². The van der Waals surface area contributed by atoms with E-state index in [9.17, 15) is 18.7 Å². The predicted molar refractivity (Wildman–Crippen MR) is 140 cm³/mol. The summed E-state index contributed by atoms with van der Waals surface area (Å²) in [5.74, 6) is -0.492. The van der Waals surface area contributed by atoms with Gasteiger partial charge in [0.2, 0.25) is 10.0 Å². The van der Waals surface area contributed by atoms with Gasteiger partial charge in [0.25, 0.3) is 0 Å². The Kier molecular flexibility index (Phi) is 8.84. The highest BCUT2D eigenvalue weighted by molar-refractivity contribution is 7.89. The first-order chi connectivity index (χ1) is 15.6. The molecule has 188 valence electrons. The highest BCUT2D eigenvalue weighted by Gasteiger charge is 2.47. The predicted octanol–water partition coefficient (Wildman–Crippen LogP) is 3.36. The SMILES string of the molecule is COCOCC(c1cc2ccccc2n1S(C)(=O)=O)N(C(=O)C=[N+]=[N-])C([Si](C)(C)C)[Si](C)(C)C. The Labute approximate surface area is 204 Å². The lowest BCUT2D eigenvalue weighted by molar-refractivity contribution is -0.133. The molecule has 1 aromatic carbocycles. The molecule has 0 bridgehead atoms. The third kappa shape index (κ3) is 6.32. The largest absolute Gasteiger partial charge is 0.361 e. The molecule has 2 rings (SSSR count). The second-order valence-electron chi connectivity index (χ2n) is 10.6. The zero-order valence-electron chi connectivity index (χ0n) is 21.3. The van der Waals surface area contributed by atoms with Gasteiger partial charge in [0.15, 0.2) is 0 Å². The first kappa shape index (κ1) is 28.2. The molecule has 2 aromatic rings. The van der Waals surface area contributed by atoms with E-state index in [1.807, 2.05) is 12.1 Å². The lowest BCUT2D eigenvalue weighted by Gasteiger charge is -2.48. The van der Waals surface area contributed by atoms with E-state index in [0.29, 0.717) is 11.2 Å². The van der Waals surface area contributed by atoms with E-state index in [4.69, 9.17) is 9.47 Å². The molecule has 34 heavy (non-hydrogen) atoms. The van der Waals surface area contributed by atoms with Crippen LogP contribution < -0.4 is 0 Å². The van der Waals surface area contributed by atoms with Crippen LogP contribution in [-0.2, 0) is 24.3 Å². The quantitative estimate of drug-likeness (QED) is 0.112. The van der Waals surface area contributed by atoms with E-state index < -0.39 is 38.1 Å². The van der Waals surface area contributed by atoms with E-state index in [-0.39, 0.29) is 18.7 Å². The van der Waals surface area contributed by atoms with Gasteiger partial charge in [-0.3, -0.25) is 4.79 Å². The van der Waals surface area contributed by atoms with Crippen molar-refractivity contribution in [1.29, 1.82) is 0 Å². The summed E-state index contributed by atoms with van der Waals surface area (Å²) in [5, 5.41) is 0.619. The summed E-state index contributed by atoms with van der Waals surface area (Å²) < 4.78 is 38.1. The Morgan fingerprint density at radius 1 is 1.18 bits per heavy atom. The summed E-state index contributed by atoms with van der Waals surface area (Å²) in [7, 11) is -6.32. The van der Waals surface area contributed by atoms with Crippen molar-refractivity contribution in [3.8, 4) is 0 Å². The monoisotopic (exact) mass is 524 g/mol. The summed E-state index contributed by atoms with van der Waals surface area (Å²) >= 11 is 0. The van der Waals surface area contributed by atoms with Gasteiger partial charge in [-0.15, -0.1) is 0 Å². The summed E-state index contributed by atoms with van der Waals surface area (Å²) in [6, 6.07) is 8.22. The van der Waals surface area contributed by atoms with Gasteiger partial charge in [0, 0.05) is 17.8 Å². The van der Waals surface area contributed by atoms with E-state index in [2.05, 4.69) is 44.1 Å². The fraction of sp³-hybridized carbons (Fsp3) is 0.545. The number of carbonyl (C=O) groups is 1. The third-order valence-corrected chi connectivity index (χ3v) is 15.6. The van der Waals surface area contributed by atoms with Crippen LogP contribution in [0.4, 0.5) is 0 Å². The maximum Gasteiger partial charge on any atom is 0.344 e. The van der Waals surface area contributed by atoms with Crippen LogP contribution in [0.3, 0.4) is 0 Å². The van der Waals surface area contributed by atoms with Crippen molar-refractivity contribution < 1.29 is 27.5 Å². The molecular formula is C22H36N4O5SSi2. The maximum atomic E-state index is 13.5. The molecule has 1 unspecified atom stereocenters. The van der Waals surface area contributed by atoms with Crippen molar-refractivity contribution in [3.63, 3.8) is 0 Å². The van der Waals surface area contributed by atoms with E-state index in [1.54, 1.807) is 23.1 Å². The van der Waals surface area contributed by atoms with Crippen molar-refractivity contribution in [2.45, 2.75) is 50.6 Å². The fourth-order valence-electron chi connectivity index (χ4n) is 5.01. The van der Waals surface area contributed by atoms with Gasteiger partial charge in [0.1, 0.15) is 6.79 Å². The highest BCUT2D eigenvalue weighted by Crippen LogP contribution is 2.35. The number of rotatable bonds is 11. The van der Waals surface area contributed by atoms with Crippen LogP contribution >= 0.6 is 0 Å². The summed E-state index contributed by atoms with van der Waals surface area (Å²) in [5.41, 5.74) is 10.2. The minimum Gasteiger partial charge on any atom is -0.361 e. The number of para-hydroxylation sites is 1. The lowest BCUT2D eigenvalue weighted by atomic mass is 10.1. The molecule has 0 saturated heterocycles. The number of hydrogen-bond donors (Lipinski definition) is 0. The number of benzene rings is 1. The van der Waals surface area contributed by atoms with Gasteiger partial charge in [-0.2, -0.15) is 4.79 Å². The number of hydrogen-bond acceptors (Lipinski definition) is 5. The van der Waals surface area contributed by atoms with Crippen molar-refractivity contribution in [2.24, 2.45) is 0 Å². The highest BCUT2D eigenvalue weighted by atomic mass is 32.2. The summed E-state index contributed by atoms with van der Waals surface area (Å²) in [4.78, 5) is 18.2. The first-order valence-electron chi connectivity index (χ1n) is 11.0. The third-order valence-electron chi connectivity index (χ3n) is 5.52. The standard InChI is InChI=1S/C22H36N4O5SSi2/c1-30-16-31-15-20(19-13-17-11-9-10-12-18(17)26(19)32(2,28)29)25(21(27)14-24-23)22(33(3,4)5)34(6,7)8/h9-14,20,22H,15-16H2,1-8H3. The molecule has 1 amide bonds. The Hall–Kier alpha value is -2.09. The van der Waals surface area contributed by atoms with E-state index in [1.165, 1.54) is 11.1 Å². The Morgan fingerprint density at radius 2 is 1.76 bits per heavy atom. The Morgan fingerprint density at radius 3 is 2.26 bits per heavy atom. The van der Waals surface area contributed by atoms with Gasteiger partial charge in [-0.1, -0.05) is 57.5 Å². The minimum absolute atomic E-state index is 0.0101. The molecule has 1 atom stereocenters. The maximum absolute atomic E-state index is 13.5.